The average Bonchev–Trinajstić information content (AvgIpc) is 3.48. The zero-order chi connectivity index (χ0) is 28.9. The van der Waals surface area contributed by atoms with Gasteiger partial charge in [-0.05, 0) is 67.3 Å². The van der Waals surface area contributed by atoms with Crippen LogP contribution in [0.1, 0.15) is 48.6 Å². The van der Waals surface area contributed by atoms with Gasteiger partial charge in [0.25, 0.3) is 11.7 Å². The maximum absolute atomic E-state index is 13.4. The normalized spacial score (nSPS) is 19.2. The summed E-state index contributed by atoms with van der Waals surface area (Å²) >= 11 is 0. The summed E-state index contributed by atoms with van der Waals surface area (Å²) in [4.78, 5) is 28.3. The number of methoxy groups -OCH3 is 1. The summed E-state index contributed by atoms with van der Waals surface area (Å²) in [7, 11) is 1.59. The van der Waals surface area contributed by atoms with E-state index in [2.05, 4.69) is 0 Å². The van der Waals surface area contributed by atoms with Crippen LogP contribution in [0.5, 0.6) is 17.2 Å². The van der Waals surface area contributed by atoms with Crippen molar-refractivity contribution in [2.75, 3.05) is 26.9 Å². The van der Waals surface area contributed by atoms with Crippen LogP contribution < -0.4 is 14.2 Å². The third-order valence-electron chi connectivity index (χ3n) is 7.28. The zero-order valence-corrected chi connectivity index (χ0v) is 23.6. The molecule has 214 valence electrons. The average molecular weight is 558 g/mol. The van der Waals surface area contributed by atoms with Gasteiger partial charge in [0, 0.05) is 32.2 Å². The Bertz CT molecular complexity index is 1450. The summed E-state index contributed by atoms with van der Waals surface area (Å²) in [6.07, 6.45) is 1.27. The molecule has 2 aliphatic rings. The molecule has 0 aliphatic carbocycles. The molecule has 5 rings (SSSR count). The van der Waals surface area contributed by atoms with E-state index in [4.69, 9.17) is 18.9 Å². The highest BCUT2D eigenvalue weighted by atomic mass is 16.5. The van der Waals surface area contributed by atoms with E-state index in [-0.39, 0.29) is 24.0 Å². The van der Waals surface area contributed by atoms with Crippen LogP contribution in [0.25, 0.3) is 5.76 Å². The minimum Gasteiger partial charge on any atom is -0.507 e. The molecular formula is C33H35NO7. The maximum atomic E-state index is 13.4. The van der Waals surface area contributed by atoms with Crippen LogP contribution in [0.3, 0.4) is 0 Å². The Morgan fingerprint density at radius 2 is 1.83 bits per heavy atom. The molecule has 3 aromatic rings. The Balaban J connectivity index is 1.55. The maximum Gasteiger partial charge on any atom is 0.295 e. The third-order valence-corrected chi connectivity index (χ3v) is 7.28. The monoisotopic (exact) mass is 557 g/mol. The van der Waals surface area contributed by atoms with Gasteiger partial charge < -0.3 is 29.0 Å². The van der Waals surface area contributed by atoms with Gasteiger partial charge in [0.05, 0.1) is 18.2 Å². The molecule has 8 heteroatoms. The molecule has 2 heterocycles. The fourth-order valence-electron chi connectivity index (χ4n) is 5.38. The van der Waals surface area contributed by atoms with Crippen LogP contribution in [-0.4, -0.2) is 54.7 Å². The van der Waals surface area contributed by atoms with Gasteiger partial charge in [0.1, 0.15) is 24.2 Å². The number of benzene rings is 3. The molecule has 2 aliphatic heterocycles. The second kappa shape index (κ2) is 12.5. The van der Waals surface area contributed by atoms with Crippen molar-refractivity contribution >= 4 is 17.4 Å². The molecule has 0 spiro atoms. The number of ketones is 1. The number of aliphatic hydroxyl groups excluding tert-OH is 1. The number of nitrogens with zero attached hydrogens (tertiary/aromatic N) is 1. The number of hydrogen-bond donors (Lipinski definition) is 1. The molecule has 1 N–H and O–H groups in total. The molecule has 0 saturated carbocycles. The number of likely N-dealkylation sites (tertiary alicyclic amines) is 1. The quantitative estimate of drug-likeness (QED) is 0.145. The van der Waals surface area contributed by atoms with E-state index < -0.39 is 17.7 Å². The molecule has 1 saturated heterocycles. The van der Waals surface area contributed by atoms with Crippen molar-refractivity contribution in [3.63, 3.8) is 0 Å². The van der Waals surface area contributed by atoms with Crippen LogP contribution >= 0.6 is 0 Å². The molecule has 2 unspecified atom stereocenters. The van der Waals surface area contributed by atoms with Gasteiger partial charge in [0.15, 0.2) is 11.5 Å². The first-order valence-electron chi connectivity index (χ1n) is 13.9. The number of hydrogen-bond acceptors (Lipinski definition) is 7. The molecule has 0 radical (unpaired) electrons. The predicted molar refractivity (Wildman–Crippen MR) is 154 cm³/mol. The Kier molecular flexibility index (Phi) is 8.59. The number of fused-ring (bicyclic) bond motifs is 1. The van der Waals surface area contributed by atoms with E-state index in [1.807, 2.05) is 56.3 Å². The van der Waals surface area contributed by atoms with Crippen molar-refractivity contribution in [3.8, 4) is 17.2 Å². The van der Waals surface area contributed by atoms with E-state index in [9.17, 15) is 14.7 Å². The van der Waals surface area contributed by atoms with Gasteiger partial charge in [-0.15, -0.1) is 0 Å². The summed E-state index contributed by atoms with van der Waals surface area (Å²) in [5.74, 6) is 0.200. The molecule has 0 aromatic heterocycles. The molecule has 1 amide bonds. The predicted octanol–water partition coefficient (Wildman–Crippen LogP) is 5.45. The summed E-state index contributed by atoms with van der Waals surface area (Å²) in [5.41, 5.74) is 3.11. The number of carbonyl (C=O) groups is 2. The van der Waals surface area contributed by atoms with Gasteiger partial charge in [0.2, 0.25) is 0 Å². The molecule has 3 aromatic carbocycles. The fourth-order valence-corrected chi connectivity index (χ4v) is 5.38. The standard InChI is InChI=1S/C33H35NO7/c1-4-39-28-19-23(11-14-27(28)40-20-22-9-6-5-7-10-22)30-29(32(36)33(37)34(30)15-8-16-38-3)31(35)24-12-13-26-25(18-24)17-21(2)41-26/h5-7,9-14,18-19,21,30,35H,4,8,15-17,20H2,1-3H3/b31-29-. The van der Waals surface area contributed by atoms with Crippen LogP contribution in [0.4, 0.5) is 0 Å². The number of carbonyl (C=O) groups excluding carboxylic acids is 2. The van der Waals surface area contributed by atoms with E-state index >= 15 is 0 Å². The van der Waals surface area contributed by atoms with Crippen molar-refractivity contribution in [2.24, 2.45) is 0 Å². The van der Waals surface area contributed by atoms with Crippen LogP contribution in [0.15, 0.2) is 72.3 Å². The lowest BCUT2D eigenvalue weighted by molar-refractivity contribution is -0.140. The lowest BCUT2D eigenvalue weighted by Crippen LogP contribution is -2.31. The third kappa shape index (κ3) is 5.93. The van der Waals surface area contributed by atoms with Gasteiger partial charge in [-0.1, -0.05) is 36.4 Å². The van der Waals surface area contributed by atoms with Crippen LogP contribution in [0, 0.1) is 0 Å². The first kappa shape index (κ1) is 28.2. The summed E-state index contributed by atoms with van der Waals surface area (Å²) < 4.78 is 23.0. The van der Waals surface area contributed by atoms with E-state index in [0.29, 0.717) is 55.3 Å². The second-order valence-electron chi connectivity index (χ2n) is 10.2. The lowest BCUT2D eigenvalue weighted by Gasteiger charge is -2.26. The Morgan fingerprint density at radius 3 is 2.59 bits per heavy atom. The van der Waals surface area contributed by atoms with Gasteiger partial charge >= 0.3 is 0 Å². The van der Waals surface area contributed by atoms with Crippen LogP contribution in [0.2, 0.25) is 0 Å². The molecular weight excluding hydrogens is 522 g/mol. The van der Waals surface area contributed by atoms with Crippen molar-refractivity contribution < 1.29 is 33.6 Å². The molecule has 0 bridgehead atoms. The highest BCUT2D eigenvalue weighted by Gasteiger charge is 2.46. The molecule has 2 atom stereocenters. The number of aliphatic hydroxyl groups is 1. The van der Waals surface area contributed by atoms with Gasteiger partial charge in [-0.2, -0.15) is 0 Å². The number of Topliss-reactive ketones (excluding diaryl/α,β-unsaturated/α-hetero) is 1. The Morgan fingerprint density at radius 1 is 1.02 bits per heavy atom. The number of rotatable bonds is 11. The Labute approximate surface area is 240 Å². The molecule has 41 heavy (non-hydrogen) atoms. The van der Waals surface area contributed by atoms with Crippen molar-refractivity contribution in [2.45, 2.75) is 45.4 Å². The summed E-state index contributed by atoms with van der Waals surface area (Å²) in [5, 5.41) is 11.5. The lowest BCUT2D eigenvalue weighted by atomic mass is 9.94. The van der Waals surface area contributed by atoms with Gasteiger partial charge in [-0.3, -0.25) is 9.59 Å². The van der Waals surface area contributed by atoms with Gasteiger partial charge in [-0.25, -0.2) is 0 Å². The topological polar surface area (TPSA) is 94.5 Å². The SMILES string of the molecule is CCOc1cc(C2/C(=C(/O)c3ccc4c(c3)CC(C)O4)C(=O)C(=O)N2CCCOC)ccc1OCc1ccccc1. The number of ether oxygens (including phenoxy) is 4. The highest BCUT2D eigenvalue weighted by Crippen LogP contribution is 2.43. The van der Waals surface area contributed by atoms with Crippen molar-refractivity contribution in [3.05, 3.63) is 94.6 Å². The van der Waals surface area contributed by atoms with Crippen LogP contribution in [-0.2, 0) is 27.4 Å². The van der Waals surface area contributed by atoms with Crippen molar-refractivity contribution in [1.29, 1.82) is 0 Å². The van der Waals surface area contributed by atoms with E-state index in [1.165, 1.54) is 4.90 Å². The zero-order valence-electron chi connectivity index (χ0n) is 23.6. The Hall–Kier alpha value is -4.30. The molecule has 1 fully saturated rings. The smallest absolute Gasteiger partial charge is 0.295 e. The van der Waals surface area contributed by atoms with E-state index in [1.54, 1.807) is 31.4 Å². The second-order valence-corrected chi connectivity index (χ2v) is 10.2. The first-order chi connectivity index (χ1) is 19.9. The summed E-state index contributed by atoms with van der Waals surface area (Å²) in [6.45, 7) is 5.32. The minimum atomic E-state index is -0.808. The molecule has 8 nitrogen and oxygen atoms in total. The minimum absolute atomic E-state index is 0.0355. The first-order valence-corrected chi connectivity index (χ1v) is 13.9. The fraction of sp³-hybridized carbons (Fsp3) is 0.333. The van der Waals surface area contributed by atoms with E-state index in [0.717, 1.165) is 16.9 Å². The highest BCUT2D eigenvalue weighted by molar-refractivity contribution is 6.46. The largest absolute Gasteiger partial charge is 0.507 e. The van der Waals surface area contributed by atoms with Crippen molar-refractivity contribution in [1.82, 2.24) is 4.90 Å². The summed E-state index contributed by atoms with van der Waals surface area (Å²) in [6, 6.07) is 19.7. The number of amides is 1.